The fraction of sp³-hybridized carbons (Fsp3) is 1.00. The van der Waals surface area contributed by atoms with E-state index < -0.39 is 10.2 Å². The van der Waals surface area contributed by atoms with Crippen LogP contribution in [-0.4, -0.2) is 48.6 Å². The fourth-order valence-electron chi connectivity index (χ4n) is 2.23. The molecule has 1 rings (SSSR count). The van der Waals surface area contributed by atoms with Crippen molar-refractivity contribution < 1.29 is 8.42 Å². The fourth-order valence-corrected chi connectivity index (χ4v) is 4.54. The highest BCUT2D eigenvalue weighted by atomic mass is 35.5. The number of piperidine rings is 1. The van der Waals surface area contributed by atoms with Crippen molar-refractivity contribution in [2.45, 2.75) is 52.1 Å². The van der Waals surface area contributed by atoms with Gasteiger partial charge >= 0.3 is 0 Å². The predicted octanol–water partition coefficient (Wildman–Crippen LogP) is 2.30. The van der Waals surface area contributed by atoms with Gasteiger partial charge in [-0.1, -0.05) is 20.3 Å². The topological polar surface area (TPSA) is 40.6 Å². The second-order valence-corrected chi connectivity index (χ2v) is 7.67. The molecule has 0 aromatic heterocycles. The first-order valence-electron chi connectivity index (χ1n) is 6.63. The molecule has 108 valence electrons. The molecule has 0 aliphatic carbocycles. The van der Waals surface area contributed by atoms with E-state index in [-0.39, 0.29) is 12.1 Å². The smallest absolute Gasteiger partial charge is 0.195 e. The third-order valence-corrected chi connectivity index (χ3v) is 6.44. The first kappa shape index (κ1) is 16.2. The number of rotatable bonds is 5. The maximum absolute atomic E-state index is 12.6. The average Bonchev–Trinajstić information content (AvgIpc) is 2.36. The standard InChI is InChI=1S/C12H25ClN2O2S/c1-10(2)11(3)14(4)18(16,17)15-8-6-5-7-12(15)9-13/h10-12H,5-9H2,1-4H3. The summed E-state index contributed by atoms with van der Waals surface area (Å²) in [6.07, 6.45) is 2.86. The van der Waals surface area contributed by atoms with Gasteiger partial charge in [0.15, 0.2) is 0 Å². The Morgan fingerprint density at radius 3 is 2.44 bits per heavy atom. The largest absolute Gasteiger partial charge is 0.282 e. The van der Waals surface area contributed by atoms with Gasteiger partial charge in [-0.3, -0.25) is 0 Å². The Balaban J connectivity index is 2.90. The lowest BCUT2D eigenvalue weighted by Gasteiger charge is -2.38. The molecule has 1 saturated heterocycles. The summed E-state index contributed by atoms with van der Waals surface area (Å²) >= 11 is 5.90. The van der Waals surface area contributed by atoms with Crippen molar-refractivity contribution in [2.24, 2.45) is 5.92 Å². The summed E-state index contributed by atoms with van der Waals surface area (Å²) in [4.78, 5) is 0. The van der Waals surface area contributed by atoms with Crippen molar-refractivity contribution >= 4 is 21.8 Å². The lowest BCUT2D eigenvalue weighted by molar-refractivity contribution is 0.231. The van der Waals surface area contributed by atoms with Crippen molar-refractivity contribution in [3.05, 3.63) is 0 Å². The molecule has 4 nitrogen and oxygen atoms in total. The van der Waals surface area contributed by atoms with Gasteiger partial charge in [-0.2, -0.15) is 17.0 Å². The minimum absolute atomic E-state index is 0.00657. The molecule has 0 aromatic carbocycles. The zero-order valence-electron chi connectivity index (χ0n) is 11.8. The van der Waals surface area contributed by atoms with Crippen LogP contribution in [0, 0.1) is 5.92 Å². The van der Waals surface area contributed by atoms with Gasteiger partial charge in [-0.25, -0.2) is 0 Å². The maximum atomic E-state index is 12.6. The number of alkyl halides is 1. The van der Waals surface area contributed by atoms with E-state index in [1.165, 1.54) is 4.31 Å². The van der Waals surface area contributed by atoms with E-state index in [0.29, 0.717) is 18.3 Å². The zero-order chi connectivity index (χ0) is 13.9. The van der Waals surface area contributed by atoms with E-state index in [1.807, 2.05) is 20.8 Å². The molecule has 0 amide bonds. The third kappa shape index (κ3) is 3.38. The molecule has 0 aromatic rings. The molecule has 0 bridgehead atoms. The van der Waals surface area contributed by atoms with Crippen LogP contribution in [0.15, 0.2) is 0 Å². The van der Waals surface area contributed by atoms with Crippen molar-refractivity contribution in [3.63, 3.8) is 0 Å². The highest BCUT2D eigenvalue weighted by molar-refractivity contribution is 7.86. The van der Waals surface area contributed by atoms with Crippen LogP contribution in [0.1, 0.15) is 40.0 Å². The van der Waals surface area contributed by atoms with Crippen LogP contribution < -0.4 is 0 Å². The van der Waals surface area contributed by atoms with Crippen LogP contribution in [-0.2, 0) is 10.2 Å². The van der Waals surface area contributed by atoms with Gasteiger partial charge in [0.1, 0.15) is 0 Å². The van der Waals surface area contributed by atoms with E-state index in [1.54, 1.807) is 11.4 Å². The zero-order valence-corrected chi connectivity index (χ0v) is 13.3. The molecule has 18 heavy (non-hydrogen) atoms. The predicted molar refractivity (Wildman–Crippen MR) is 76.0 cm³/mol. The summed E-state index contributed by atoms with van der Waals surface area (Å²) in [5.74, 6) is 0.673. The van der Waals surface area contributed by atoms with Gasteiger partial charge in [0.2, 0.25) is 0 Å². The molecule has 1 fully saturated rings. The number of halogens is 1. The Morgan fingerprint density at radius 1 is 1.33 bits per heavy atom. The van der Waals surface area contributed by atoms with E-state index >= 15 is 0 Å². The quantitative estimate of drug-likeness (QED) is 0.731. The maximum Gasteiger partial charge on any atom is 0.282 e. The Morgan fingerprint density at radius 2 is 1.94 bits per heavy atom. The van der Waals surface area contributed by atoms with Gasteiger partial charge in [-0.05, 0) is 25.7 Å². The second-order valence-electron chi connectivity index (χ2n) is 5.42. The summed E-state index contributed by atoms with van der Waals surface area (Å²) in [6.45, 7) is 6.61. The van der Waals surface area contributed by atoms with Crippen molar-refractivity contribution in [3.8, 4) is 0 Å². The lowest BCUT2D eigenvalue weighted by atomic mass is 10.1. The second kappa shape index (κ2) is 6.55. The molecular formula is C12H25ClN2O2S. The normalized spacial score (nSPS) is 24.7. The minimum Gasteiger partial charge on any atom is -0.195 e. The van der Waals surface area contributed by atoms with Gasteiger partial charge in [0, 0.05) is 31.6 Å². The van der Waals surface area contributed by atoms with E-state index in [9.17, 15) is 8.42 Å². The van der Waals surface area contributed by atoms with E-state index in [0.717, 1.165) is 19.3 Å². The van der Waals surface area contributed by atoms with E-state index in [2.05, 4.69) is 0 Å². The Hall–Kier alpha value is 0.160. The average molecular weight is 297 g/mol. The summed E-state index contributed by atoms with van der Waals surface area (Å²) in [5.41, 5.74) is 0. The highest BCUT2D eigenvalue weighted by Crippen LogP contribution is 2.25. The van der Waals surface area contributed by atoms with Crippen LogP contribution in [0.25, 0.3) is 0 Å². The Labute approximate surface area is 116 Å². The molecule has 1 heterocycles. The molecule has 2 unspecified atom stereocenters. The van der Waals surface area contributed by atoms with E-state index in [4.69, 9.17) is 11.6 Å². The summed E-state index contributed by atoms with van der Waals surface area (Å²) < 4.78 is 28.3. The number of hydrogen-bond donors (Lipinski definition) is 0. The van der Waals surface area contributed by atoms with Crippen molar-refractivity contribution in [1.82, 2.24) is 8.61 Å². The molecule has 0 saturated carbocycles. The van der Waals surface area contributed by atoms with Gasteiger partial charge < -0.3 is 0 Å². The number of hydrogen-bond acceptors (Lipinski definition) is 2. The summed E-state index contributed by atoms with van der Waals surface area (Å²) in [5, 5.41) is 0. The van der Waals surface area contributed by atoms with Crippen LogP contribution >= 0.6 is 11.6 Å². The monoisotopic (exact) mass is 296 g/mol. The van der Waals surface area contributed by atoms with Crippen LogP contribution in [0.4, 0.5) is 0 Å². The molecule has 6 heteroatoms. The van der Waals surface area contributed by atoms with Crippen molar-refractivity contribution in [1.29, 1.82) is 0 Å². The highest BCUT2D eigenvalue weighted by Gasteiger charge is 2.36. The SMILES string of the molecule is CC(C)C(C)N(C)S(=O)(=O)N1CCCCC1CCl. The van der Waals surface area contributed by atoms with Crippen LogP contribution in [0.2, 0.25) is 0 Å². The molecule has 1 aliphatic rings. The molecule has 2 atom stereocenters. The Kier molecular flexibility index (Phi) is 5.90. The summed E-state index contributed by atoms with van der Waals surface area (Å²) in [7, 11) is -1.72. The molecule has 1 aliphatic heterocycles. The number of nitrogens with zero attached hydrogens (tertiary/aromatic N) is 2. The molecule has 0 spiro atoms. The summed E-state index contributed by atoms with van der Waals surface area (Å²) in [6, 6.07) is -0.0554. The van der Waals surface area contributed by atoms with Crippen LogP contribution in [0.3, 0.4) is 0 Å². The molecule has 0 radical (unpaired) electrons. The van der Waals surface area contributed by atoms with Gasteiger partial charge in [0.25, 0.3) is 10.2 Å². The first-order chi connectivity index (χ1) is 8.32. The minimum atomic E-state index is -3.39. The Bertz CT molecular complexity index is 359. The van der Waals surface area contributed by atoms with Crippen LogP contribution in [0.5, 0.6) is 0 Å². The van der Waals surface area contributed by atoms with Gasteiger partial charge in [-0.15, -0.1) is 11.6 Å². The molecule has 0 N–H and O–H groups in total. The van der Waals surface area contributed by atoms with Gasteiger partial charge in [0.05, 0.1) is 0 Å². The molecular weight excluding hydrogens is 272 g/mol. The van der Waals surface area contributed by atoms with Crippen molar-refractivity contribution in [2.75, 3.05) is 19.5 Å². The lowest BCUT2D eigenvalue weighted by Crippen LogP contribution is -2.53. The third-order valence-electron chi connectivity index (χ3n) is 3.95. The first-order valence-corrected chi connectivity index (χ1v) is 8.56.